The summed E-state index contributed by atoms with van der Waals surface area (Å²) in [5.41, 5.74) is 0. The van der Waals surface area contributed by atoms with Gasteiger partial charge in [0.1, 0.15) is 0 Å². The first-order valence-electron chi connectivity index (χ1n) is 8.54. The summed E-state index contributed by atoms with van der Waals surface area (Å²) in [6.07, 6.45) is 5.37. The minimum absolute atomic E-state index is 0. The Morgan fingerprint density at radius 1 is 1.26 bits per heavy atom. The number of aliphatic imine (C=N–C) groups is 1. The summed E-state index contributed by atoms with van der Waals surface area (Å²) >= 11 is 0. The summed E-state index contributed by atoms with van der Waals surface area (Å²) in [5.74, 6) is 3.26. The Morgan fingerprint density at radius 3 is 2.30 bits per heavy atom. The second-order valence-electron chi connectivity index (χ2n) is 7.64. The number of guanidine groups is 1. The molecule has 6 heteroatoms. The van der Waals surface area contributed by atoms with E-state index >= 15 is 0 Å². The largest absolute Gasteiger partial charge is 0.355 e. The number of hydrogen-bond acceptors (Lipinski definition) is 2. The van der Waals surface area contributed by atoms with E-state index in [9.17, 15) is 4.21 Å². The van der Waals surface area contributed by atoms with E-state index in [2.05, 4.69) is 29.2 Å². The van der Waals surface area contributed by atoms with Crippen LogP contribution in [0.25, 0.3) is 0 Å². The third kappa shape index (κ3) is 8.70. The predicted octanol–water partition coefficient (Wildman–Crippen LogP) is 3.49. The van der Waals surface area contributed by atoms with Gasteiger partial charge in [-0.3, -0.25) is 9.20 Å². The summed E-state index contributed by atoms with van der Waals surface area (Å²) in [4.78, 5) is 6.58. The van der Waals surface area contributed by atoms with E-state index < -0.39 is 10.8 Å². The van der Waals surface area contributed by atoms with Gasteiger partial charge in [0, 0.05) is 48.5 Å². The summed E-state index contributed by atoms with van der Waals surface area (Å²) in [7, 11) is 3.11. The van der Waals surface area contributed by atoms with Crippen LogP contribution >= 0.6 is 24.0 Å². The quantitative estimate of drug-likeness (QED) is 0.391. The maximum absolute atomic E-state index is 12.1. The van der Waals surface area contributed by atoms with E-state index in [4.69, 9.17) is 0 Å². The van der Waals surface area contributed by atoms with E-state index in [0.717, 1.165) is 24.3 Å². The first-order valence-corrected chi connectivity index (χ1v) is 9.86. The molecule has 0 saturated heterocycles. The van der Waals surface area contributed by atoms with Crippen LogP contribution < -0.4 is 5.32 Å². The van der Waals surface area contributed by atoms with Gasteiger partial charge in [0.05, 0.1) is 0 Å². The number of hydrogen-bond donors (Lipinski definition) is 1. The second kappa shape index (κ2) is 10.9. The van der Waals surface area contributed by atoms with Gasteiger partial charge >= 0.3 is 0 Å². The zero-order valence-electron chi connectivity index (χ0n) is 15.7. The van der Waals surface area contributed by atoms with E-state index in [-0.39, 0.29) is 28.7 Å². The highest BCUT2D eigenvalue weighted by Crippen LogP contribution is 2.28. The Balaban J connectivity index is 0.00000484. The molecule has 1 aliphatic carbocycles. The molecule has 4 nitrogen and oxygen atoms in total. The van der Waals surface area contributed by atoms with Gasteiger partial charge in [-0.25, -0.2) is 0 Å². The van der Waals surface area contributed by atoms with Gasteiger partial charge in [-0.05, 0) is 45.4 Å². The Hall–Kier alpha value is 0.150. The molecule has 0 heterocycles. The highest BCUT2D eigenvalue weighted by atomic mass is 127. The molecule has 0 radical (unpaired) electrons. The normalized spacial score (nSPS) is 23.8. The second-order valence-corrected chi connectivity index (χ2v) is 9.97. The van der Waals surface area contributed by atoms with Crippen LogP contribution in [0.4, 0.5) is 0 Å². The minimum atomic E-state index is -0.815. The topological polar surface area (TPSA) is 44.7 Å². The maximum atomic E-state index is 12.1. The lowest BCUT2D eigenvalue weighted by Gasteiger charge is -2.31. The molecule has 1 saturated carbocycles. The molecule has 1 fully saturated rings. The standard InChI is InChI=1S/C17H35N3OS.HI/c1-14-7-9-15(10-8-14)13-20(6)16(18-5)19-11-12-22(21)17(2,3)4;/h14-15H,7-13H2,1-6H3,(H,18,19);1H. The van der Waals surface area contributed by atoms with Crippen molar-refractivity contribution in [1.82, 2.24) is 10.2 Å². The molecule has 0 amide bonds. The van der Waals surface area contributed by atoms with Gasteiger partial charge < -0.3 is 10.2 Å². The van der Waals surface area contributed by atoms with E-state index in [0.29, 0.717) is 12.3 Å². The predicted molar refractivity (Wildman–Crippen MR) is 113 cm³/mol. The van der Waals surface area contributed by atoms with Crippen LogP contribution in [0, 0.1) is 11.8 Å². The highest BCUT2D eigenvalue weighted by Gasteiger charge is 2.21. The number of rotatable bonds is 5. The molecule has 1 atom stereocenters. The summed E-state index contributed by atoms with van der Waals surface area (Å²) in [5, 5.41) is 3.35. The van der Waals surface area contributed by atoms with Crippen molar-refractivity contribution in [2.75, 3.05) is 32.9 Å². The lowest BCUT2D eigenvalue weighted by molar-refractivity contribution is 0.250. The maximum Gasteiger partial charge on any atom is 0.193 e. The molecule has 1 aliphatic rings. The summed E-state index contributed by atoms with van der Waals surface area (Å²) in [6, 6.07) is 0. The molecule has 1 N–H and O–H groups in total. The zero-order valence-corrected chi connectivity index (χ0v) is 18.9. The molecule has 1 unspecified atom stereocenters. The average molecular weight is 457 g/mol. The molecule has 0 aromatic rings. The van der Waals surface area contributed by atoms with Crippen LogP contribution in [0.5, 0.6) is 0 Å². The minimum Gasteiger partial charge on any atom is -0.355 e. The lowest BCUT2D eigenvalue weighted by Crippen LogP contribution is -2.43. The Labute approximate surface area is 162 Å². The van der Waals surface area contributed by atoms with Crippen molar-refractivity contribution in [3.8, 4) is 0 Å². The fourth-order valence-corrected chi connectivity index (χ4v) is 3.83. The van der Waals surface area contributed by atoms with Gasteiger partial charge in [-0.2, -0.15) is 0 Å². The fourth-order valence-electron chi connectivity index (χ4n) is 2.93. The lowest BCUT2D eigenvalue weighted by atomic mass is 9.83. The SMILES string of the molecule is CN=C(NCCS(=O)C(C)(C)C)N(C)CC1CCC(C)CC1.I. The van der Waals surface area contributed by atoms with Crippen molar-refractivity contribution in [1.29, 1.82) is 0 Å². The van der Waals surface area contributed by atoms with Gasteiger partial charge in [0.2, 0.25) is 0 Å². The van der Waals surface area contributed by atoms with E-state index in [1.807, 2.05) is 27.8 Å². The Kier molecular flexibility index (Phi) is 11.0. The van der Waals surface area contributed by atoms with Crippen molar-refractivity contribution in [3.63, 3.8) is 0 Å². The molecule has 0 aromatic heterocycles. The molecule has 23 heavy (non-hydrogen) atoms. The molecule has 138 valence electrons. The van der Waals surface area contributed by atoms with Gasteiger partial charge in [0.15, 0.2) is 5.96 Å². The van der Waals surface area contributed by atoms with Crippen LogP contribution in [0.2, 0.25) is 0 Å². The van der Waals surface area contributed by atoms with Crippen LogP contribution in [-0.2, 0) is 10.8 Å². The Morgan fingerprint density at radius 2 is 1.83 bits per heavy atom. The van der Waals surface area contributed by atoms with E-state index in [1.165, 1.54) is 25.7 Å². The molecule has 1 rings (SSSR count). The van der Waals surface area contributed by atoms with Gasteiger partial charge in [0.25, 0.3) is 0 Å². The number of nitrogens with zero attached hydrogens (tertiary/aromatic N) is 2. The van der Waals surface area contributed by atoms with Crippen LogP contribution in [0.1, 0.15) is 53.4 Å². The van der Waals surface area contributed by atoms with Gasteiger partial charge in [-0.15, -0.1) is 24.0 Å². The first-order chi connectivity index (χ1) is 10.2. The number of nitrogens with one attached hydrogen (secondary N) is 1. The van der Waals surface area contributed by atoms with Crippen LogP contribution in [0.3, 0.4) is 0 Å². The van der Waals surface area contributed by atoms with Crippen molar-refractivity contribution < 1.29 is 4.21 Å². The third-order valence-corrected chi connectivity index (χ3v) is 6.44. The molecule has 0 bridgehead atoms. The molecule has 0 aromatic carbocycles. The highest BCUT2D eigenvalue weighted by molar-refractivity contribution is 14.0. The molecular weight excluding hydrogens is 421 g/mol. The number of halogens is 1. The zero-order chi connectivity index (χ0) is 16.8. The monoisotopic (exact) mass is 457 g/mol. The van der Waals surface area contributed by atoms with Crippen LogP contribution in [0.15, 0.2) is 4.99 Å². The van der Waals surface area contributed by atoms with Crippen molar-refractivity contribution in [2.45, 2.75) is 58.1 Å². The third-order valence-electron chi connectivity index (χ3n) is 4.49. The first kappa shape index (κ1) is 23.1. The summed E-state index contributed by atoms with van der Waals surface area (Å²) < 4.78 is 11.9. The molecule has 0 spiro atoms. The van der Waals surface area contributed by atoms with Crippen molar-refractivity contribution in [3.05, 3.63) is 0 Å². The molecular formula is C17H36IN3OS. The van der Waals surface area contributed by atoms with E-state index in [1.54, 1.807) is 0 Å². The fraction of sp³-hybridized carbons (Fsp3) is 0.941. The van der Waals surface area contributed by atoms with Crippen molar-refractivity contribution >= 4 is 40.7 Å². The van der Waals surface area contributed by atoms with Gasteiger partial charge in [-0.1, -0.05) is 19.8 Å². The smallest absolute Gasteiger partial charge is 0.193 e. The van der Waals surface area contributed by atoms with Crippen LogP contribution in [-0.4, -0.2) is 52.8 Å². The average Bonchev–Trinajstić information content (AvgIpc) is 2.44. The van der Waals surface area contributed by atoms with Crippen molar-refractivity contribution in [2.24, 2.45) is 16.8 Å². The molecule has 0 aliphatic heterocycles. The Bertz CT molecular complexity index is 388. The summed E-state index contributed by atoms with van der Waals surface area (Å²) in [6.45, 7) is 10.2.